The van der Waals surface area contributed by atoms with Gasteiger partial charge in [-0.05, 0) is 144 Å². The van der Waals surface area contributed by atoms with Crippen LogP contribution in [0, 0.1) is 53.1 Å². The highest BCUT2D eigenvalue weighted by molar-refractivity contribution is 5.77. The smallest absolute Gasteiger partial charge is 0.323 e. The van der Waals surface area contributed by atoms with Crippen molar-refractivity contribution >= 4 is 17.9 Å². The molecule has 12 atom stereocenters. The Labute approximate surface area is 611 Å². The van der Waals surface area contributed by atoms with E-state index < -0.39 is 291 Å². The molecule has 0 spiro atoms. The van der Waals surface area contributed by atoms with Crippen LogP contribution in [0.3, 0.4) is 0 Å². The third-order valence-electron chi connectivity index (χ3n) is 14.1. The molecule has 90 heavy (non-hydrogen) atoms. The van der Waals surface area contributed by atoms with Crippen molar-refractivity contribution in [2.75, 3.05) is 81.7 Å². The lowest BCUT2D eigenvalue weighted by molar-refractivity contribution is -0.161. The van der Waals surface area contributed by atoms with E-state index in [0.29, 0.717) is 4.90 Å². The predicted molar refractivity (Wildman–Crippen MR) is 353 cm³/mol. The van der Waals surface area contributed by atoms with Crippen molar-refractivity contribution in [2.45, 2.75) is 195 Å². The highest BCUT2D eigenvalue weighted by Crippen LogP contribution is 2.48. The highest BCUT2D eigenvalue weighted by atomic mass is 16.6. The van der Waals surface area contributed by atoms with Gasteiger partial charge in [-0.25, -0.2) is 0 Å². The summed E-state index contributed by atoms with van der Waals surface area (Å²) in [6, 6.07) is -22.7. The number of esters is 3. The zero-order chi connectivity index (χ0) is 111. The average molecular weight is 1310 g/mol. The molecule has 9 rings (SSSR count). The second kappa shape index (κ2) is 32.5. The van der Waals surface area contributed by atoms with Crippen molar-refractivity contribution in [3.05, 3.63) is 69.6 Å². The maximum Gasteiger partial charge on any atom is 0.323 e. The van der Waals surface area contributed by atoms with Crippen molar-refractivity contribution in [1.29, 1.82) is 0 Å². The molecule has 3 aromatic rings. The van der Waals surface area contributed by atoms with Crippen molar-refractivity contribution in [3.8, 4) is 34.5 Å². The number of hydrogen-bond acceptors (Lipinski definition) is 18. The summed E-state index contributed by atoms with van der Waals surface area (Å²) in [7, 11) is 2.57. The van der Waals surface area contributed by atoms with Gasteiger partial charge in [-0.2, -0.15) is 0 Å². The lowest BCUT2D eigenvalue weighted by Crippen LogP contribution is -2.51. The summed E-state index contributed by atoms with van der Waals surface area (Å²) >= 11 is 0. The molecular formula is C72H114N6O12. The first-order valence-corrected chi connectivity index (χ1v) is 28.4. The van der Waals surface area contributed by atoms with Crippen LogP contribution in [-0.4, -0.2) is 151 Å². The molecule has 0 amide bonds. The van der Waals surface area contributed by atoms with E-state index in [4.69, 9.17) is 111 Å². The molecular weight excluding hydrogens is 1140 g/mol. The Bertz CT molecular complexity index is 5190. The maximum atomic E-state index is 13.7. The number of hydrogen-bond donors (Lipinski definition) is 3. The lowest BCUT2D eigenvalue weighted by atomic mass is 9.79. The number of benzene rings is 3. The zero-order valence-electron chi connectivity index (χ0n) is 103. The molecule has 3 fully saturated rings. The first kappa shape index (κ1) is 29.5. The molecule has 6 heterocycles. The monoisotopic (exact) mass is 1310 g/mol. The maximum absolute atomic E-state index is 13.7. The van der Waals surface area contributed by atoms with Gasteiger partial charge >= 0.3 is 17.9 Å². The normalized spacial score (nSPS) is 43.8. The lowest BCUT2D eigenvalue weighted by Gasteiger charge is -2.47. The molecule has 9 unspecified atom stereocenters. The van der Waals surface area contributed by atoms with E-state index in [-0.39, 0.29) is 83.1 Å². The van der Waals surface area contributed by atoms with Gasteiger partial charge in [0.2, 0.25) is 0 Å². The number of piperidine rings is 3. The number of carbonyl (C=O) groups excluding carboxylic acids is 3. The molecule has 0 saturated carbocycles. The van der Waals surface area contributed by atoms with Crippen LogP contribution in [0.5, 0.6) is 34.5 Å². The van der Waals surface area contributed by atoms with E-state index in [1.165, 1.54) is 41.9 Å². The van der Waals surface area contributed by atoms with Gasteiger partial charge in [-0.3, -0.25) is 29.1 Å². The SMILES string of the molecule is [2H]c1c2c(c([2H])c(OC)c1OC([2H])([2H])[2H])C1N(CC2)C([2H])([2H])C([2H])(CC(C)C)C([2H])(OC(=O)[C@@]([2H])(N)C([2H])(C([2H])([2H])[2H])C([2H])([2H])[2H])C1([2H])[2H].[2H]c1c2c(c([2H])c(OC)c1OC)C1([2H])N(CC2)C([2H])([2H])C([2H])(CC(C)C)C(OC(=O)[C@@]([2H])(N)C([2H])(C([2H])([2H])[2H])C([2H])([2H])[2H])C1([2H])[2H].[2H]c1c2c(c([2H])c(OC)c1OC)C1N(CC2)C([2H])([2H])C([2H])(CC(C)C)C([2H])(OC(=O)[C@@]([2H])(N)C([2H])(C([2H])([2H])[2H])C([2H])([2H])[2H])C1([2H])[2H]. The molecule has 3 saturated heterocycles. The summed E-state index contributed by atoms with van der Waals surface area (Å²) in [5.41, 5.74) is 15.4. The topological polar surface area (TPSA) is 222 Å². The van der Waals surface area contributed by atoms with Gasteiger partial charge in [0.1, 0.15) is 36.3 Å². The van der Waals surface area contributed by atoms with Gasteiger partial charge in [-0.15, -0.1) is 0 Å². The standard InChI is InChI=1S/3C24H38N2O4/c3*1-14(2)9-17-13-26-8-7-16-10-21(28-5)22(29-6)11-18(16)19(26)12-20(17)30-24(27)23(25)15(3)4/h3*10-11,14-15,17,19-20,23H,7-9,12-13,25H2,1-6H3/t3*17?,19?,20?,23-/m000/s1/i3D3,4D3,5D3,10D,11D,12D2,13D2,15D,17D,20D,23D;3D3,4D3,10D,11D,12D2,13D2,15D,17D,20D,23D;3D3,4D3,10D,11D,12D2,13D2,15D,17D,19D,23D. The van der Waals surface area contributed by atoms with Crippen LogP contribution >= 0.6 is 0 Å². The number of nitrogens with zero attached hydrogens (tertiary/aromatic N) is 3. The number of methoxy groups -OCH3 is 6. The molecule has 504 valence electrons. The fourth-order valence-electron chi connectivity index (χ4n) is 9.94. The van der Waals surface area contributed by atoms with Gasteiger partial charge in [0.15, 0.2) is 34.5 Å². The Hall–Kier alpha value is -5.37. The molecule has 3 aromatic carbocycles. The second-order valence-corrected chi connectivity index (χ2v) is 22.1. The van der Waals surface area contributed by atoms with E-state index >= 15 is 0 Å². The average Bonchev–Trinajstić information content (AvgIpc) is 0.671. The summed E-state index contributed by atoms with van der Waals surface area (Å²) in [5, 5.41) is 0. The molecule has 6 N–H and O–H groups in total. The quantitative estimate of drug-likeness (QED) is 0.0666. The van der Waals surface area contributed by atoms with Gasteiger partial charge in [0.25, 0.3) is 0 Å². The van der Waals surface area contributed by atoms with Gasteiger partial charge in [-0.1, -0.05) is 82.7 Å². The molecule has 6 aliphatic rings. The van der Waals surface area contributed by atoms with Crippen LogP contribution in [0.4, 0.5) is 0 Å². The van der Waals surface area contributed by atoms with Crippen LogP contribution in [0.2, 0.25) is 0 Å². The first-order valence-electron chi connectivity index (χ1n) is 53.9. The first-order chi connectivity index (χ1) is 62.6. The van der Waals surface area contributed by atoms with Crippen molar-refractivity contribution < 1.29 is 127 Å². The number of carbonyl (C=O) groups is 3. The molecule has 0 aliphatic carbocycles. The zero-order valence-corrected chi connectivity index (χ0v) is 51.8. The van der Waals surface area contributed by atoms with Crippen molar-refractivity contribution in [2.24, 2.45) is 70.3 Å². The molecule has 0 aromatic heterocycles. The van der Waals surface area contributed by atoms with Gasteiger partial charge in [0, 0.05) is 143 Å². The Morgan fingerprint density at radius 1 is 0.500 bits per heavy atom. The van der Waals surface area contributed by atoms with E-state index in [1.54, 1.807) is 13.8 Å². The van der Waals surface area contributed by atoms with Crippen molar-refractivity contribution in [1.82, 2.24) is 14.7 Å². The molecule has 6 aliphatic heterocycles. The fraction of sp³-hybridized carbons (Fsp3) is 0.708. The summed E-state index contributed by atoms with van der Waals surface area (Å²) in [4.78, 5) is 43.5. The number of fused-ring (bicyclic) bond motifs is 9. The van der Waals surface area contributed by atoms with Crippen molar-refractivity contribution in [3.63, 3.8) is 0 Å². The Balaban J connectivity index is 0.000000288. The van der Waals surface area contributed by atoms with E-state index in [9.17, 15) is 33.6 Å². The minimum atomic E-state index is -4.14. The number of nitrogens with two attached hydrogens (primary N) is 3. The number of rotatable bonds is 21. The Morgan fingerprint density at radius 2 is 0.833 bits per heavy atom. The van der Waals surface area contributed by atoms with Crippen LogP contribution in [-0.2, 0) is 47.9 Å². The van der Waals surface area contributed by atoms with E-state index in [2.05, 4.69) is 0 Å². The van der Waals surface area contributed by atoms with E-state index in [0.717, 1.165) is 31.1 Å². The Morgan fingerprint density at radius 3 is 1.21 bits per heavy atom. The largest absolute Gasteiger partial charge is 0.493 e. The fourth-order valence-corrected chi connectivity index (χ4v) is 9.94. The third-order valence-corrected chi connectivity index (χ3v) is 14.1. The van der Waals surface area contributed by atoms with Crippen LogP contribution < -0.4 is 45.6 Å². The third kappa shape index (κ3) is 17.5. The van der Waals surface area contributed by atoms with E-state index in [1.807, 2.05) is 0 Å². The van der Waals surface area contributed by atoms with Gasteiger partial charge < -0.3 is 59.8 Å². The van der Waals surface area contributed by atoms with Crippen LogP contribution in [0.25, 0.3) is 0 Å². The molecule has 18 nitrogen and oxygen atoms in total. The summed E-state index contributed by atoms with van der Waals surface area (Å²) in [6.45, 7) is -25.1. The summed E-state index contributed by atoms with van der Waals surface area (Å²) in [6.07, 6.45) is -23.2. The van der Waals surface area contributed by atoms with Gasteiger partial charge in [0.05, 0.1) is 63.1 Å². The Kier molecular flexibility index (Phi) is 10.6. The second-order valence-electron chi connectivity index (χ2n) is 22.1. The molecule has 0 bridgehead atoms. The minimum absolute atomic E-state index is 0.0298. The molecule has 0 radical (unpaired) electrons. The summed E-state index contributed by atoms with van der Waals surface area (Å²) < 4.78 is 478. The van der Waals surface area contributed by atoms with Crippen LogP contribution in [0.1, 0.15) is 242 Å². The highest BCUT2D eigenvalue weighted by Gasteiger charge is 2.45. The summed E-state index contributed by atoms with van der Waals surface area (Å²) in [5.74, 6) is -32.8. The van der Waals surface area contributed by atoms with Crippen LogP contribution in [0.15, 0.2) is 36.3 Å². The predicted octanol–water partition coefficient (Wildman–Crippen LogP) is 10.7. The number of ether oxygens (including phenoxy) is 9. The molecule has 18 heteroatoms. The minimum Gasteiger partial charge on any atom is -0.493 e.